The largest absolute Gasteiger partial charge is 0.466 e. The quantitative estimate of drug-likeness (QED) is 0.801. The summed E-state index contributed by atoms with van der Waals surface area (Å²) in [5, 5.41) is 1.06. The van der Waals surface area contributed by atoms with Gasteiger partial charge in [-0.05, 0) is 68.9 Å². The highest BCUT2D eigenvalue weighted by Crippen LogP contribution is 2.30. The summed E-state index contributed by atoms with van der Waals surface area (Å²) < 4.78 is 5.11. The molecule has 4 nitrogen and oxygen atoms in total. The molecule has 0 atom stereocenters. The first-order valence-electron chi connectivity index (χ1n) is 8.33. The lowest BCUT2D eigenvalue weighted by Gasteiger charge is -2.25. The van der Waals surface area contributed by atoms with E-state index in [9.17, 15) is 4.79 Å². The zero-order chi connectivity index (χ0) is 16.1. The molecule has 0 bridgehead atoms. The summed E-state index contributed by atoms with van der Waals surface area (Å²) in [4.78, 5) is 20.6. The maximum atomic E-state index is 11.8. The van der Waals surface area contributed by atoms with Crippen LogP contribution >= 0.6 is 0 Å². The van der Waals surface area contributed by atoms with Gasteiger partial charge in [-0.3, -0.25) is 4.79 Å². The Hall–Kier alpha value is -2.23. The van der Waals surface area contributed by atoms with Crippen LogP contribution in [0.4, 0.5) is 0 Å². The lowest BCUT2D eigenvalue weighted by Crippen LogP contribution is -2.23. The number of ether oxygens (including phenoxy) is 1. The molecule has 4 heteroatoms. The van der Waals surface area contributed by atoms with Crippen LogP contribution in [0.2, 0.25) is 0 Å². The minimum Gasteiger partial charge on any atom is -0.466 e. The van der Waals surface area contributed by atoms with Crippen molar-refractivity contribution < 1.29 is 9.53 Å². The summed E-state index contributed by atoms with van der Waals surface area (Å²) in [6, 6.07) is 8.00. The highest BCUT2D eigenvalue weighted by Gasteiger charge is 2.25. The highest BCUT2D eigenvalue weighted by molar-refractivity contribution is 5.75. The average molecular weight is 310 g/mol. The molecule has 23 heavy (non-hydrogen) atoms. The van der Waals surface area contributed by atoms with Crippen LogP contribution in [0.15, 0.2) is 36.5 Å². The van der Waals surface area contributed by atoms with Crippen LogP contribution in [-0.4, -0.2) is 22.5 Å². The van der Waals surface area contributed by atoms with E-state index >= 15 is 0 Å². The first-order valence-corrected chi connectivity index (χ1v) is 8.33. The molecule has 1 saturated carbocycles. The van der Waals surface area contributed by atoms with Gasteiger partial charge in [0.25, 0.3) is 0 Å². The van der Waals surface area contributed by atoms with Gasteiger partial charge in [0.1, 0.15) is 0 Å². The Morgan fingerprint density at radius 2 is 2.09 bits per heavy atom. The molecule has 0 amide bonds. The molecule has 1 aliphatic rings. The van der Waals surface area contributed by atoms with Crippen molar-refractivity contribution in [2.24, 2.45) is 11.8 Å². The van der Waals surface area contributed by atoms with Gasteiger partial charge in [-0.15, -0.1) is 0 Å². The van der Waals surface area contributed by atoms with E-state index in [4.69, 9.17) is 4.74 Å². The molecule has 2 aromatic heterocycles. The van der Waals surface area contributed by atoms with Gasteiger partial charge in [0.05, 0.1) is 18.2 Å². The summed E-state index contributed by atoms with van der Waals surface area (Å²) in [6.07, 6.45) is 9.96. The normalized spacial score (nSPS) is 21.6. The summed E-state index contributed by atoms with van der Waals surface area (Å²) in [7, 11) is 0. The van der Waals surface area contributed by atoms with E-state index in [-0.39, 0.29) is 11.9 Å². The molecular weight excluding hydrogens is 288 g/mol. The molecule has 2 heterocycles. The van der Waals surface area contributed by atoms with Crippen LogP contribution in [0, 0.1) is 11.8 Å². The van der Waals surface area contributed by atoms with Crippen molar-refractivity contribution in [2.75, 3.05) is 6.61 Å². The third-order valence-electron chi connectivity index (χ3n) is 4.42. The molecule has 0 N–H and O–H groups in total. The Morgan fingerprint density at radius 3 is 2.87 bits per heavy atom. The van der Waals surface area contributed by atoms with E-state index < -0.39 is 0 Å². The fourth-order valence-corrected chi connectivity index (χ4v) is 3.10. The molecule has 1 aliphatic carbocycles. The number of pyridine rings is 2. The number of carbonyl (C=O) groups is 1. The maximum Gasteiger partial charge on any atom is 0.308 e. The first-order chi connectivity index (χ1) is 11.3. The minimum absolute atomic E-state index is 0.0304. The van der Waals surface area contributed by atoms with Crippen LogP contribution < -0.4 is 0 Å². The van der Waals surface area contributed by atoms with Gasteiger partial charge in [-0.2, -0.15) is 0 Å². The van der Waals surface area contributed by atoms with Crippen molar-refractivity contribution in [2.45, 2.75) is 32.6 Å². The van der Waals surface area contributed by atoms with Gasteiger partial charge in [-0.1, -0.05) is 6.08 Å². The Morgan fingerprint density at radius 1 is 1.26 bits per heavy atom. The monoisotopic (exact) mass is 310 g/mol. The molecule has 0 spiro atoms. The Bertz CT molecular complexity index is 703. The van der Waals surface area contributed by atoms with Gasteiger partial charge in [0.15, 0.2) is 5.65 Å². The fraction of sp³-hybridized carbons (Fsp3) is 0.421. The van der Waals surface area contributed by atoms with E-state index in [1.165, 1.54) is 0 Å². The summed E-state index contributed by atoms with van der Waals surface area (Å²) in [5.74, 6) is 0.571. The second-order valence-corrected chi connectivity index (χ2v) is 6.01. The highest BCUT2D eigenvalue weighted by atomic mass is 16.5. The molecule has 0 radical (unpaired) electrons. The van der Waals surface area contributed by atoms with Gasteiger partial charge < -0.3 is 4.74 Å². The second kappa shape index (κ2) is 7.36. The molecule has 0 aliphatic heterocycles. The minimum atomic E-state index is -0.0304. The van der Waals surface area contributed by atoms with Gasteiger partial charge in [-0.25, -0.2) is 9.97 Å². The average Bonchev–Trinajstić information content (AvgIpc) is 2.60. The van der Waals surface area contributed by atoms with Crippen molar-refractivity contribution in [3.8, 4) is 0 Å². The molecule has 0 aromatic carbocycles. The maximum absolute atomic E-state index is 11.8. The summed E-state index contributed by atoms with van der Waals surface area (Å²) in [5.41, 5.74) is 1.71. The molecule has 3 rings (SSSR count). The van der Waals surface area contributed by atoms with E-state index in [1.807, 2.05) is 31.2 Å². The number of nitrogens with zero attached hydrogens (tertiary/aromatic N) is 2. The smallest absolute Gasteiger partial charge is 0.308 e. The number of carbonyl (C=O) groups excluding carboxylic acids is 1. The molecule has 1 fully saturated rings. The number of aromatic nitrogens is 2. The van der Waals surface area contributed by atoms with Crippen molar-refractivity contribution in [1.29, 1.82) is 0 Å². The third kappa shape index (κ3) is 3.95. The standard InChI is InChI=1S/C19H22N2O2/c1-2-23-19(22)16-8-5-14(6-9-16)7-11-17-12-10-15-4-3-13-20-18(15)21-17/h3-4,7,10-14,16H,2,5-6,8-9H2,1H3/b11-7+. The van der Waals surface area contributed by atoms with E-state index in [1.54, 1.807) is 6.20 Å². The Balaban J connectivity index is 1.59. The van der Waals surface area contributed by atoms with Crippen molar-refractivity contribution in [3.63, 3.8) is 0 Å². The van der Waals surface area contributed by atoms with Crippen LogP contribution in [0.5, 0.6) is 0 Å². The zero-order valence-electron chi connectivity index (χ0n) is 13.4. The molecule has 120 valence electrons. The van der Waals surface area contributed by atoms with E-state index in [0.717, 1.165) is 42.4 Å². The predicted molar refractivity (Wildman–Crippen MR) is 90.7 cm³/mol. The van der Waals surface area contributed by atoms with E-state index in [0.29, 0.717) is 12.5 Å². The summed E-state index contributed by atoms with van der Waals surface area (Å²) >= 11 is 0. The summed E-state index contributed by atoms with van der Waals surface area (Å²) in [6.45, 7) is 2.33. The lowest BCUT2D eigenvalue weighted by atomic mass is 9.82. The van der Waals surface area contributed by atoms with E-state index in [2.05, 4.69) is 22.1 Å². The lowest BCUT2D eigenvalue weighted by molar-refractivity contribution is -0.149. The second-order valence-electron chi connectivity index (χ2n) is 6.01. The number of rotatable bonds is 4. The number of allylic oxidation sites excluding steroid dienone is 1. The van der Waals surface area contributed by atoms with Gasteiger partial charge >= 0.3 is 5.97 Å². The SMILES string of the molecule is CCOC(=O)C1CCC(/C=C/c2ccc3cccnc3n2)CC1. The fourth-order valence-electron chi connectivity index (χ4n) is 3.10. The number of esters is 1. The number of hydrogen-bond donors (Lipinski definition) is 0. The van der Waals surface area contributed by atoms with Crippen LogP contribution in [-0.2, 0) is 9.53 Å². The van der Waals surface area contributed by atoms with Crippen molar-refractivity contribution >= 4 is 23.1 Å². The molecule has 0 saturated heterocycles. The molecule has 0 unspecified atom stereocenters. The van der Waals surface area contributed by atoms with Crippen LogP contribution in [0.1, 0.15) is 38.3 Å². The first kappa shape index (κ1) is 15.7. The molecule has 2 aromatic rings. The Kier molecular flexibility index (Phi) is 5.01. The molecular formula is C19H22N2O2. The van der Waals surface area contributed by atoms with Crippen molar-refractivity contribution in [1.82, 2.24) is 9.97 Å². The Labute approximate surface area is 136 Å². The van der Waals surface area contributed by atoms with Crippen LogP contribution in [0.25, 0.3) is 17.1 Å². The van der Waals surface area contributed by atoms with Gasteiger partial charge in [0, 0.05) is 11.6 Å². The van der Waals surface area contributed by atoms with Crippen molar-refractivity contribution in [3.05, 3.63) is 42.2 Å². The predicted octanol–water partition coefficient (Wildman–Crippen LogP) is 4.01. The van der Waals surface area contributed by atoms with Gasteiger partial charge in [0.2, 0.25) is 0 Å². The third-order valence-corrected chi connectivity index (χ3v) is 4.42. The number of fused-ring (bicyclic) bond motifs is 1. The van der Waals surface area contributed by atoms with Crippen LogP contribution in [0.3, 0.4) is 0 Å². The zero-order valence-corrected chi connectivity index (χ0v) is 13.4. The topological polar surface area (TPSA) is 52.1 Å². The number of hydrogen-bond acceptors (Lipinski definition) is 4.